The van der Waals surface area contributed by atoms with E-state index >= 15 is 0 Å². The van der Waals surface area contributed by atoms with Gasteiger partial charge in [0.1, 0.15) is 16.3 Å². The molecule has 3 aromatic heterocycles. The zero-order valence-electron chi connectivity index (χ0n) is 21.1. The predicted octanol–water partition coefficient (Wildman–Crippen LogP) is 6.23. The molecule has 0 saturated carbocycles. The quantitative estimate of drug-likeness (QED) is 0.173. The van der Waals surface area contributed by atoms with Gasteiger partial charge in [0.2, 0.25) is 5.91 Å². The molecule has 194 valence electrons. The summed E-state index contributed by atoms with van der Waals surface area (Å²) in [6.07, 6.45) is 2.14. The first-order valence-electron chi connectivity index (χ1n) is 11.8. The maximum atomic E-state index is 12.9. The normalized spacial score (nSPS) is 10.9. The van der Waals surface area contributed by atoms with Crippen LogP contribution in [0.4, 0.5) is 5.00 Å². The van der Waals surface area contributed by atoms with Crippen molar-refractivity contribution in [2.24, 2.45) is 0 Å². The Morgan fingerprint density at radius 1 is 1.05 bits per heavy atom. The summed E-state index contributed by atoms with van der Waals surface area (Å²) < 4.78 is 12.2. The van der Waals surface area contributed by atoms with Gasteiger partial charge in [-0.2, -0.15) is 0 Å². The van der Waals surface area contributed by atoms with E-state index in [0.717, 1.165) is 29.8 Å². The molecule has 37 heavy (non-hydrogen) atoms. The largest absolute Gasteiger partial charge is 0.497 e. The highest BCUT2D eigenvalue weighted by molar-refractivity contribution is 7.99. The third-order valence-corrected chi connectivity index (χ3v) is 8.47. The van der Waals surface area contributed by atoms with Crippen LogP contribution in [0.3, 0.4) is 0 Å². The number of anilines is 1. The molecule has 0 atom stereocenters. The molecule has 0 aliphatic carbocycles. The Balaban J connectivity index is 1.48. The van der Waals surface area contributed by atoms with Crippen molar-refractivity contribution in [3.05, 3.63) is 51.5 Å². The first kappa shape index (κ1) is 26.9. The van der Waals surface area contributed by atoms with Gasteiger partial charge in [0.15, 0.2) is 11.0 Å². The lowest BCUT2D eigenvalue weighted by molar-refractivity contribution is -0.113. The lowest BCUT2D eigenvalue weighted by Crippen LogP contribution is -2.16. The maximum Gasteiger partial charge on any atom is 0.341 e. The van der Waals surface area contributed by atoms with Crippen molar-refractivity contribution < 1.29 is 19.1 Å². The molecule has 1 aromatic carbocycles. The Kier molecular flexibility index (Phi) is 9.01. The minimum absolute atomic E-state index is 0.124. The van der Waals surface area contributed by atoms with Crippen molar-refractivity contribution in [3.63, 3.8) is 0 Å². The molecule has 0 unspecified atom stereocenters. The SMILES string of the molecule is CCCc1cc(-c2nnc(SCC(=O)Nc3scc(-c4ccc(OC)cc4)c3C(=O)OC)n2CC)cs1. The summed E-state index contributed by atoms with van der Waals surface area (Å²) in [6.45, 7) is 4.89. The van der Waals surface area contributed by atoms with E-state index in [1.54, 1.807) is 18.4 Å². The van der Waals surface area contributed by atoms with E-state index < -0.39 is 5.97 Å². The van der Waals surface area contributed by atoms with Crippen molar-refractivity contribution in [1.29, 1.82) is 0 Å². The highest BCUT2D eigenvalue weighted by Gasteiger charge is 2.23. The van der Waals surface area contributed by atoms with E-state index in [-0.39, 0.29) is 11.7 Å². The minimum atomic E-state index is -0.511. The van der Waals surface area contributed by atoms with Crippen LogP contribution in [0.5, 0.6) is 5.75 Å². The first-order valence-corrected chi connectivity index (χ1v) is 14.5. The molecule has 1 N–H and O–H groups in total. The number of nitrogens with zero attached hydrogens (tertiary/aromatic N) is 3. The Hall–Kier alpha value is -3.15. The fraction of sp³-hybridized carbons (Fsp3) is 0.308. The van der Waals surface area contributed by atoms with E-state index in [2.05, 4.69) is 33.9 Å². The molecule has 3 heterocycles. The van der Waals surface area contributed by atoms with Crippen LogP contribution < -0.4 is 10.1 Å². The van der Waals surface area contributed by atoms with Crippen LogP contribution in [0, 0.1) is 0 Å². The van der Waals surface area contributed by atoms with Crippen LogP contribution in [0.2, 0.25) is 0 Å². The summed E-state index contributed by atoms with van der Waals surface area (Å²) in [5.41, 5.74) is 2.89. The molecular formula is C26H28N4O4S3. The number of hydrogen-bond donors (Lipinski definition) is 1. The molecule has 4 aromatic rings. The van der Waals surface area contributed by atoms with Crippen LogP contribution in [0.15, 0.2) is 46.2 Å². The van der Waals surface area contributed by atoms with Gasteiger partial charge in [-0.05, 0) is 37.1 Å². The van der Waals surface area contributed by atoms with Gasteiger partial charge in [-0.1, -0.05) is 37.2 Å². The van der Waals surface area contributed by atoms with Gasteiger partial charge in [0.25, 0.3) is 0 Å². The topological polar surface area (TPSA) is 95.3 Å². The summed E-state index contributed by atoms with van der Waals surface area (Å²) in [5.74, 6) is 0.890. The molecule has 4 rings (SSSR count). The number of hydrogen-bond acceptors (Lipinski definition) is 9. The second-order valence-electron chi connectivity index (χ2n) is 8.01. The monoisotopic (exact) mass is 556 g/mol. The molecule has 0 saturated heterocycles. The van der Waals surface area contributed by atoms with Crippen LogP contribution in [-0.2, 0) is 22.5 Å². The van der Waals surface area contributed by atoms with Crippen LogP contribution in [0.25, 0.3) is 22.5 Å². The summed E-state index contributed by atoms with van der Waals surface area (Å²) in [7, 11) is 2.92. The number of rotatable bonds is 11. The van der Waals surface area contributed by atoms with Crippen molar-refractivity contribution in [2.45, 2.75) is 38.4 Å². The highest BCUT2D eigenvalue weighted by Crippen LogP contribution is 2.37. The maximum absolute atomic E-state index is 12.9. The number of aryl methyl sites for hydroxylation is 1. The van der Waals surface area contributed by atoms with Gasteiger partial charge < -0.3 is 19.4 Å². The summed E-state index contributed by atoms with van der Waals surface area (Å²) in [6, 6.07) is 9.53. The van der Waals surface area contributed by atoms with Crippen molar-refractivity contribution in [3.8, 4) is 28.3 Å². The number of benzene rings is 1. The zero-order valence-corrected chi connectivity index (χ0v) is 23.5. The lowest BCUT2D eigenvalue weighted by atomic mass is 10.0. The Labute approximate surface area is 228 Å². The number of aromatic nitrogens is 3. The van der Waals surface area contributed by atoms with E-state index in [9.17, 15) is 9.59 Å². The number of carbonyl (C=O) groups is 2. The van der Waals surface area contributed by atoms with Crippen molar-refractivity contribution >= 4 is 51.3 Å². The summed E-state index contributed by atoms with van der Waals surface area (Å²) in [5, 5.41) is 16.7. The second-order valence-corrected chi connectivity index (χ2v) is 10.8. The number of carbonyl (C=O) groups excluding carboxylic acids is 2. The molecule has 1 amide bonds. The van der Waals surface area contributed by atoms with E-state index in [4.69, 9.17) is 9.47 Å². The average Bonchev–Trinajstić information content (AvgIpc) is 3.65. The number of esters is 1. The average molecular weight is 557 g/mol. The van der Waals surface area contributed by atoms with Gasteiger partial charge in [-0.25, -0.2) is 4.79 Å². The Morgan fingerprint density at radius 2 is 1.84 bits per heavy atom. The van der Waals surface area contributed by atoms with E-state index in [0.29, 0.717) is 33.6 Å². The zero-order chi connectivity index (χ0) is 26.4. The predicted molar refractivity (Wildman–Crippen MR) is 150 cm³/mol. The standard InChI is InChI=1S/C26H28N4O4S3/c1-5-7-19-12-17(13-35-19)23-28-29-26(30(23)6-2)37-15-21(31)27-24-22(25(32)34-4)20(14-36-24)16-8-10-18(33-3)11-9-16/h8-14H,5-7,15H2,1-4H3,(H,27,31). The van der Waals surface area contributed by atoms with Gasteiger partial charge in [0, 0.05) is 33.3 Å². The number of methoxy groups -OCH3 is 2. The van der Waals surface area contributed by atoms with Gasteiger partial charge >= 0.3 is 5.97 Å². The third-order valence-electron chi connectivity index (χ3n) is 5.61. The highest BCUT2D eigenvalue weighted by atomic mass is 32.2. The molecule has 0 aliphatic rings. The molecule has 0 fully saturated rings. The molecule has 0 spiro atoms. The molecule has 8 nitrogen and oxygen atoms in total. The van der Waals surface area contributed by atoms with Gasteiger partial charge in [-0.3, -0.25) is 4.79 Å². The molecule has 0 radical (unpaired) electrons. The molecule has 11 heteroatoms. The first-order chi connectivity index (χ1) is 18.0. The number of thiophene rings is 2. The molecular weight excluding hydrogens is 529 g/mol. The van der Waals surface area contributed by atoms with E-state index in [1.165, 1.54) is 35.1 Å². The molecule has 0 bridgehead atoms. The number of ether oxygens (including phenoxy) is 2. The Bertz CT molecular complexity index is 1370. The van der Waals surface area contributed by atoms with Crippen molar-refractivity contribution in [1.82, 2.24) is 14.8 Å². The Morgan fingerprint density at radius 3 is 2.51 bits per heavy atom. The van der Waals surface area contributed by atoms with Gasteiger partial charge in [0.05, 0.1) is 20.0 Å². The van der Waals surface area contributed by atoms with Crippen LogP contribution in [-0.4, -0.2) is 46.6 Å². The van der Waals surface area contributed by atoms with Crippen molar-refractivity contribution in [2.75, 3.05) is 25.3 Å². The fourth-order valence-electron chi connectivity index (χ4n) is 3.80. The number of nitrogens with one attached hydrogen (secondary N) is 1. The van der Waals surface area contributed by atoms with Crippen LogP contribution >= 0.6 is 34.4 Å². The third kappa shape index (κ3) is 6.06. The number of thioether (sulfide) groups is 1. The fourth-order valence-corrected chi connectivity index (χ4v) is 6.54. The lowest BCUT2D eigenvalue weighted by Gasteiger charge is -2.09. The number of amides is 1. The summed E-state index contributed by atoms with van der Waals surface area (Å²) in [4.78, 5) is 26.8. The van der Waals surface area contributed by atoms with E-state index in [1.807, 2.05) is 41.1 Å². The van der Waals surface area contributed by atoms with Crippen LogP contribution in [0.1, 0.15) is 35.5 Å². The second kappa shape index (κ2) is 12.4. The molecule has 0 aliphatic heterocycles. The summed E-state index contributed by atoms with van der Waals surface area (Å²) >= 11 is 4.33. The smallest absolute Gasteiger partial charge is 0.341 e. The van der Waals surface area contributed by atoms with Gasteiger partial charge in [-0.15, -0.1) is 32.9 Å². The minimum Gasteiger partial charge on any atom is -0.497 e.